The zero-order valence-electron chi connectivity index (χ0n) is 11.1. The predicted octanol–water partition coefficient (Wildman–Crippen LogP) is 1.84. The fourth-order valence-corrected chi connectivity index (χ4v) is 1.57. The Morgan fingerprint density at radius 1 is 1.29 bits per heavy atom. The molecule has 5 heteroatoms. The Labute approximate surface area is 103 Å². The summed E-state index contributed by atoms with van der Waals surface area (Å²) >= 11 is 0. The summed E-state index contributed by atoms with van der Waals surface area (Å²) in [6, 6.07) is 2.27. The average Bonchev–Trinajstić information content (AvgIpc) is 2.15. The Hall–Kier alpha value is -1.36. The highest BCUT2D eigenvalue weighted by atomic mass is 15.1. The highest BCUT2D eigenvalue weighted by molar-refractivity contribution is 5.48. The molecule has 1 aromatic rings. The van der Waals surface area contributed by atoms with Crippen molar-refractivity contribution in [2.24, 2.45) is 5.73 Å². The molecule has 17 heavy (non-hydrogen) atoms. The summed E-state index contributed by atoms with van der Waals surface area (Å²) in [5.74, 6) is 1.66. The molecule has 1 aromatic heterocycles. The number of aromatic nitrogens is 2. The maximum Gasteiger partial charge on any atom is 0.131 e. The minimum absolute atomic E-state index is 0.0573. The molecule has 0 radical (unpaired) electrons. The summed E-state index contributed by atoms with van der Waals surface area (Å²) < 4.78 is 0. The van der Waals surface area contributed by atoms with Crippen LogP contribution in [0.3, 0.4) is 0 Å². The van der Waals surface area contributed by atoms with Gasteiger partial charge in [-0.2, -0.15) is 0 Å². The molecule has 0 saturated carbocycles. The monoisotopic (exact) mass is 237 g/mol. The largest absolute Gasteiger partial charge is 0.368 e. The lowest BCUT2D eigenvalue weighted by atomic mass is 10.0. The summed E-state index contributed by atoms with van der Waals surface area (Å²) in [5, 5.41) is 6.61. The van der Waals surface area contributed by atoms with Gasteiger partial charge in [0, 0.05) is 17.6 Å². The van der Waals surface area contributed by atoms with Crippen molar-refractivity contribution < 1.29 is 0 Å². The highest BCUT2D eigenvalue weighted by Gasteiger charge is 2.16. The van der Waals surface area contributed by atoms with Gasteiger partial charge in [-0.25, -0.2) is 9.97 Å². The summed E-state index contributed by atoms with van der Waals surface area (Å²) in [5.41, 5.74) is 5.52. The van der Waals surface area contributed by atoms with E-state index in [0.29, 0.717) is 12.6 Å². The van der Waals surface area contributed by atoms with E-state index in [2.05, 4.69) is 48.3 Å². The Kier molecular flexibility index (Phi) is 4.69. The van der Waals surface area contributed by atoms with Crippen LogP contribution in [0.5, 0.6) is 0 Å². The van der Waals surface area contributed by atoms with Crippen LogP contribution in [0.25, 0.3) is 0 Å². The van der Waals surface area contributed by atoms with Gasteiger partial charge in [0.25, 0.3) is 0 Å². The molecule has 0 fully saturated rings. The maximum atomic E-state index is 5.58. The van der Waals surface area contributed by atoms with E-state index in [0.717, 1.165) is 18.1 Å². The van der Waals surface area contributed by atoms with Gasteiger partial charge in [0.1, 0.15) is 18.0 Å². The lowest BCUT2D eigenvalue weighted by molar-refractivity contribution is 0.524. The Bertz CT molecular complexity index is 349. The van der Waals surface area contributed by atoms with E-state index in [1.807, 2.05) is 6.07 Å². The van der Waals surface area contributed by atoms with E-state index in [1.54, 1.807) is 6.33 Å². The molecule has 0 spiro atoms. The Balaban J connectivity index is 2.71. The molecule has 0 unspecified atom stereocenters. The molecule has 96 valence electrons. The van der Waals surface area contributed by atoms with Crippen LogP contribution in [0.15, 0.2) is 12.4 Å². The summed E-state index contributed by atoms with van der Waals surface area (Å²) in [7, 11) is 0. The molecule has 4 N–H and O–H groups in total. The van der Waals surface area contributed by atoms with Crippen molar-refractivity contribution >= 4 is 11.6 Å². The van der Waals surface area contributed by atoms with E-state index in [1.165, 1.54) is 0 Å². The molecule has 0 aliphatic rings. The third-order valence-electron chi connectivity index (χ3n) is 2.34. The van der Waals surface area contributed by atoms with Crippen LogP contribution in [0.4, 0.5) is 11.6 Å². The van der Waals surface area contributed by atoms with Crippen molar-refractivity contribution in [3.63, 3.8) is 0 Å². The quantitative estimate of drug-likeness (QED) is 0.704. The average molecular weight is 237 g/mol. The molecule has 0 bridgehead atoms. The fraction of sp³-hybridized carbons (Fsp3) is 0.667. The summed E-state index contributed by atoms with van der Waals surface area (Å²) in [4.78, 5) is 8.38. The van der Waals surface area contributed by atoms with Crippen molar-refractivity contribution in [3.05, 3.63) is 12.4 Å². The third-order valence-corrected chi connectivity index (χ3v) is 2.34. The fourth-order valence-electron chi connectivity index (χ4n) is 1.57. The first kappa shape index (κ1) is 13.7. The number of nitrogens with one attached hydrogen (secondary N) is 2. The molecular weight excluding hydrogens is 214 g/mol. The molecule has 0 saturated heterocycles. The molecule has 0 aliphatic heterocycles. The van der Waals surface area contributed by atoms with E-state index >= 15 is 0 Å². The first-order valence-corrected chi connectivity index (χ1v) is 6.00. The normalized spacial score (nSPS) is 11.6. The smallest absolute Gasteiger partial charge is 0.131 e. The molecule has 0 amide bonds. The van der Waals surface area contributed by atoms with Crippen LogP contribution >= 0.6 is 0 Å². The van der Waals surface area contributed by atoms with E-state index < -0.39 is 0 Å². The first-order chi connectivity index (χ1) is 7.93. The highest BCUT2D eigenvalue weighted by Crippen LogP contribution is 2.17. The maximum absolute atomic E-state index is 5.58. The zero-order chi connectivity index (χ0) is 12.9. The van der Waals surface area contributed by atoms with Crippen LogP contribution < -0.4 is 16.4 Å². The van der Waals surface area contributed by atoms with Gasteiger partial charge in [0.2, 0.25) is 0 Å². The molecule has 0 atom stereocenters. The Morgan fingerprint density at radius 2 is 1.94 bits per heavy atom. The van der Waals surface area contributed by atoms with Crippen LogP contribution in [0, 0.1) is 0 Å². The number of nitrogens with zero attached hydrogens (tertiary/aromatic N) is 2. The summed E-state index contributed by atoms with van der Waals surface area (Å²) in [6.07, 6.45) is 2.45. The minimum atomic E-state index is -0.0573. The van der Waals surface area contributed by atoms with Crippen molar-refractivity contribution in [2.75, 3.05) is 17.2 Å². The lowest BCUT2D eigenvalue weighted by Gasteiger charge is -2.26. The predicted molar refractivity (Wildman–Crippen MR) is 72.2 cm³/mol. The summed E-state index contributed by atoms with van der Waals surface area (Å²) in [6.45, 7) is 9.03. The minimum Gasteiger partial charge on any atom is -0.368 e. The standard InChI is InChI=1S/C12H23N5/c1-9(2)16-10-7-11(15-8-14-10)17-12(3,4)5-6-13/h7-9H,5-6,13H2,1-4H3,(H2,14,15,16,17). The van der Waals surface area contributed by atoms with Crippen LogP contribution in [0.2, 0.25) is 0 Å². The van der Waals surface area contributed by atoms with Gasteiger partial charge in [-0.1, -0.05) is 0 Å². The second-order valence-electron chi connectivity index (χ2n) is 5.14. The van der Waals surface area contributed by atoms with Crippen LogP contribution in [-0.2, 0) is 0 Å². The molecule has 1 rings (SSSR count). The van der Waals surface area contributed by atoms with Crippen molar-refractivity contribution in [1.29, 1.82) is 0 Å². The first-order valence-electron chi connectivity index (χ1n) is 6.00. The van der Waals surface area contributed by atoms with Gasteiger partial charge in [0.15, 0.2) is 0 Å². The number of anilines is 2. The number of rotatable bonds is 6. The topological polar surface area (TPSA) is 75.9 Å². The van der Waals surface area contributed by atoms with E-state index in [9.17, 15) is 0 Å². The van der Waals surface area contributed by atoms with Gasteiger partial charge in [-0.05, 0) is 40.7 Å². The zero-order valence-corrected chi connectivity index (χ0v) is 11.1. The lowest BCUT2D eigenvalue weighted by Crippen LogP contribution is -2.33. The van der Waals surface area contributed by atoms with Crippen molar-refractivity contribution in [3.8, 4) is 0 Å². The van der Waals surface area contributed by atoms with Crippen LogP contribution in [-0.4, -0.2) is 28.1 Å². The third kappa shape index (κ3) is 4.99. The number of hydrogen-bond acceptors (Lipinski definition) is 5. The Morgan fingerprint density at radius 3 is 2.53 bits per heavy atom. The van der Waals surface area contributed by atoms with Gasteiger partial charge in [-0.3, -0.25) is 0 Å². The van der Waals surface area contributed by atoms with Gasteiger partial charge in [0.05, 0.1) is 0 Å². The SMILES string of the molecule is CC(C)Nc1cc(NC(C)(C)CCN)ncn1. The molecule has 1 heterocycles. The molecular formula is C12H23N5. The number of hydrogen-bond donors (Lipinski definition) is 3. The van der Waals surface area contributed by atoms with Crippen LogP contribution in [0.1, 0.15) is 34.1 Å². The van der Waals surface area contributed by atoms with Gasteiger partial charge < -0.3 is 16.4 Å². The van der Waals surface area contributed by atoms with E-state index in [-0.39, 0.29) is 5.54 Å². The second-order valence-corrected chi connectivity index (χ2v) is 5.14. The van der Waals surface area contributed by atoms with Crippen molar-refractivity contribution in [2.45, 2.75) is 45.7 Å². The second kappa shape index (κ2) is 5.82. The van der Waals surface area contributed by atoms with Crippen molar-refractivity contribution in [1.82, 2.24) is 9.97 Å². The molecule has 0 aliphatic carbocycles. The molecule has 0 aromatic carbocycles. The number of nitrogens with two attached hydrogens (primary N) is 1. The van der Waals surface area contributed by atoms with E-state index in [4.69, 9.17) is 5.73 Å². The van der Waals surface area contributed by atoms with Gasteiger partial charge >= 0.3 is 0 Å². The molecule has 5 nitrogen and oxygen atoms in total. The van der Waals surface area contributed by atoms with Gasteiger partial charge in [-0.15, -0.1) is 0 Å².